The van der Waals surface area contributed by atoms with Crippen molar-refractivity contribution < 1.29 is 9.90 Å². The molecule has 0 radical (unpaired) electrons. The maximum Gasteiger partial charge on any atom is 0.239 e. The molecule has 4 N–H and O–H groups in total. The fourth-order valence-corrected chi connectivity index (χ4v) is 1.27. The molecule has 0 aromatic heterocycles. The fraction of sp³-hybridized carbons (Fsp3) is 0.909. The van der Waals surface area contributed by atoms with Gasteiger partial charge in [-0.2, -0.15) is 0 Å². The summed E-state index contributed by atoms with van der Waals surface area (Å²) in [5.74, 6) is -0.0513. The smallest absolute Gasteiger partial charge is 0.239 e. The van der Waals surface area contributed by atoms with Gasteiger partial charge in [0.1, 0.15) is 0 Å². The van der Waals surface area contributed by atoms with Crippen LogP contribution < -0.4 is 11.1 Å². The van der Waals surface area contributed by atoms with Crippen LogP contribution >= 0.6 is 12.4 Å². The van der Waals surface area contributed by atoms with Crippen molar-refractivity contribution in [3.8, 4) is 0 Å². The van der Waals surface area contributed by atoms with E-state index in [2.05, 4.69) is 5.32 Å². The number of aliphatic hydroxyl groups is 1. The first-order chi connectivity index (χ1) is 6.81. The third-order valence-corrected chi connectivity index (χ3v) is 2.53. The molecule has 2 atom stereocenters. The van der Waals surface area contributed by atoms with Gasteiger partial charge in [0.25, 0.3) is 0 Å². The van der Waals surface area contributed by atoms with Crippen LogP contribution in [0.2, 0.25) is 0 Å². The molecule has 0 aliphatic heterocycles. The Morgan fingerprint density at radius 3 is 2.38 bits per heavy atom. The minimum Gasteiger partial charge on any atom is -0.391 e. The molecule has 0 aliphatic rings. The van der Waals surface area contributed by atoms with Crippen molar-refractivity contribution in [3.05, 3.63) is 0 Å². The lowest BCUT2D eigenvalue weighted by Gasteiger charge is -2.24. The van der Waals surface area contributed by atoms with Crippen LogP contribution in [0.4, 0.5) is 0 Å². The predicted octanol–water partition coefficient (Wildman–Crippen LogP) is 1.06. The van der Waals surface area contributed by atoms with E-state index in [1.165, 1.54) is 0 Å². The molecule has 98 valence electrons. The molecule has 1 amide bonds. The Balaban J connectivity index is 0. The Kier molecular flexibility index (Phi) is 8.88. The molecular weight excluding hydrogens is 228 g/mol. The largest absolute Gasteiger partial charge is 0.391 e. The van der Waals surface area contributed by atoms with E-state index in [0.29, 0.717) is 6.42 Å². The second-order valence-electron chi connectivity index (χ2n) is 4.69. The quantitative estimate of drug-likeness (QED) is 0.662. The number of nitrogens with one attached hydrogen (secondary N) is 1. The number of hydrogen-bond acceptors (Lipinski definition) is 3. The van der Waals surface area contributed by atoms with Crippen LogP contribution in [-0.2, 0) is 4.79 Å². The highest BCUT2D eigenvalue weighted by atomic mass is 35.5. The number of hydrogen-bond donors (Lipinski definition) is 3. The van der Waals surface area contributed by atoms with Crippen LogP contribution in [0.3, 0.4) is 0 Å². The Morgan fingerprint density at radius 2 is 2.00 bits per heavy atom. The standard InChI is InChI=1S/C11H24N2O2.ClH/c1-5-6-11(4,12)10(15)13-7-9(14)8(2)3;/h8-9,14H,5-7,12H2,1-4H3,(H,13,15);1H. The van der Waals surface area contributed by atoms with Gasteiger partial charge in [-0.3, -0.25) is 4.79 Å². The van der Waals surface area contributed by atoms with Crippen LogP contribution in [0.25, 0.3) is 0 Å². The van der Waals surface area contributed by atoms with Gasteiger partial charge in [0.2, 0.25) is 5.91 Å². The molecule has 0 saturated heterocycles. The Hall–Kier alpha value is -0.320. The van der Waals surface area contributed by atoms with Crippen molar-refractivity contribution in [1.29, 1.82) is 0 Å². The summed E-state index contributed by atoms with van der Waals surface area (Å²) in [6.07, 6.45) is 1.01. The SMILES string of the molecule is CCCC(C)(N)C(=O)NCC(O)C(C)C.Cl. The summed E-state index contributed by atoms with van der Waals surface area (Å²) >= 11 is 0. The summed E-state index contributed by atoms with van der Waals surface area (Å²) in [6, 6.07) is 0. The van der Waals surface area contributed by atoms with Gasteiger partial charge in [-0.25, -0.2) is 0 Å². The zero-order valence-corrected chi connectivity index (χ0v) is 11.4. The lowest BCUT2D eigenvalue weighted by Crippen LogP contribution is -2.53. The molecule has 0 heterocycles. The number of carbonyl (C=O) groups is 1. The molecule has 0 spiro atoms. The molecule has 0 rings (SSSR count). The minimum absolute atomic E-state index is 0. The van der Waals surface area contributed by atoms with Gasteiger partial charge in [0.05, 0.1) is 11.6 Å². The van der Waals surface area contributed by atoms with E-state index in [4.69, 9.17) is 5.73 Å². The topological polar surface area (TPSA) is 75.4 Å². The zero-order valence-electron chi connectivity index (χ0n) is 10.6. The summed E-state index contributed by atoms with van der Waals surface area (Å²) in [7, 11) is 0. The van der Waals surface area contributed by atoms with Crippen molar-refractivity contribution in [2.45, 2.75) is 52.2 Å². The number of halogens is 1. The summed E-state index contributed by atoms with van der Waals surface area (Å²) in [4.78, 5) is 11.6. The second-order valence-corrected chi connectivity index (χ2v) is 4.69. The van der Waals surface area contributed by atoms with Crippen LogP contribution in [0, 0.1) is 5.92 Å². The lowest BCUT2D eigenvalue weighted by molar-refractivity contribution is -0.126. The predicted molar refractivity (Wildman–Crippen MR) is 68.6 cm³/mol. The van der Waals surface area contributed by atoms with Crippen molar-refractivity contribution in [2.24, 2.45) is 11.7 Å². The average molecular weight is 253 g/mol. The van der Waals surface area contributed by atoms with Gasteiger partial charge >= 0.3 is 0 Å². The van der Waals surface area contributed by atoms with Crippen LogP contribution in [0.15, 0.2) is 0 Å². The fourth-order valence-electron chi connectivity index (χ4n) is 1.27. The molecule has 0 aromatic rings. The molecule has 16 heavy (non-hydrogen) atoms. The second kappa shape index (κ2) is 7.87. The van der Waals surface area contributed by atoms with E-state index in [1.807, 2.05) is 20.8 Å². The number of rotatable bonds is 6. The summed E-state index contributed by atoms with van der Waals surface area (Å²) in [6.45, 7) is 7.79. The highest BCUT2D eigenvalue weighted by molar-refractivity contribution is 5.85. The van der Waals surface area contributed by atoms with E-state index in [1.54, 1.807) is 6.92 Å². The molecule has 4 nitrogen and oxygen atoms in total. The summed E-state index contributed by atoms with van der Waals surface area (Å²) < 4.78 is 0. The van der Waals surface area contributed by atoms with Gasteiger partial charge in [-0.1, -0.05) is 27.2 Å². The highest BCUT2D eigenvalue weighted by Gasteiger charge is 2.27. The molecule has 0 aromatic carbocycles. The maximum absolute atomic E-state index is 11.6. The van der Waals surface area contributed by atoms with E-state index in [-0.39, 0.29) is 30.8 Å². The van der Waals surface area contributed by atoms with Crippen LogP contribution in [0.5, 0.6) is 0 Å². The highest BCUT2D eigenvalue weighted by Crippen LogP contribution is 2.08. The first-order valence-electron chi connectivity index (χ1n) is 5.56. The Bertz CT molecular complexity index is 208. The van der Waals surface area contributed by atoms with E-state index in [9.17, 15) is 9.90 Å². The molecule has 0 fully saturated rings. The number of carbonyl (C=O) groups excluding carboxylic acids is 1. The van der Waals surface area contributed by atoms with E-state index >= 15 is 0 Å². The van der Waals surface area contributed by atoms with Crippen molar-refractivity contribution in [2.75, 3.05) is 6.54 Å². The van der Waals surface area contributed by atoms with Crippen LogP contribution in [0.1, 0.15) is 40.5 Å². The summed E-state index contributed by atoms with van der Waals surface area (Å²) in [5.41, 5.74) is 5.01. The minimum atomic E-state index is -0.828. The van der Waals surface area contributed by atoms with E-state index < -0.39 is 11.6 Å². The van der Waals surface area contributed by atoms with Crippen LogP contribution in [-0.4, -0.2) is 29.2 Å². The molecule has 0 saturated carbocycles. The number of aliphatic hydroxyl groups excluding tert-OH is 1. The third kappa shape index (κ3) is 6.30. The maximum atomic E-state index is 11.6. The third-order valence-electron chi connectivity index (χ3n) is 2.53. The Labute approximate surface area is 104 Å². The van der Waals surface area contributed by atoms with E-state index in [0.717, 1.165) is 6.42 Å². The number of nitrogens with two attached hydrogens (primary N) is 1. The monoisotopic (exact) mass is 252 g/mol. The van der Waals surface area contributed by atoms with Crippen molar-refractivity contribution >= 4 is 18.3 Å². The molecule has 0 aliphatic carbocycles. The van der Waals surface area contributed by atoms with Gasteiger partial charge in [0, 0.05) is 6.54 Å². The molecule has 2 unspecified atom stereocenters. The van der Waals surface area contributed by atoms with Crippen molar-refractivity contribution in [1.82, 2.24) is 5.32 Å². The lowest BCUT2D eigenvalue weighted by atomic mass is 9.96. The van der Waals surface area contributed by atoms with Gasteiger partial charge in [0.15, 0.2) is 0 Å². The first kappa shape index (κ1) is 18.1. The summed E-state index contributed by atoms with van der Waals surface area (Å²) in [5, 5.41) is 12.2. The normalized spacial score (nSPS) is 16.2. The van der Waals surface area contributed by atoms with Gasteiger partial charge < -0.3 is 16.2 Å². The Morgan fingerprint density at radius 1 is 1.50 bits per heavy atom. The molecule has 0 bridgehead atoms. The van der Waals surface area contributed by atoms with Gasteiger partial charge in [-0.05, 0) is 19.3 Å². The zero-order chi connectivity index (χ0) is 12.1. The van der Waals surface area contributed by atoms with Crippen molar-refractivity contribution in [3.63, 3.8) is 0 Å². The molecule has 5 heteroatoms. The average Bonchev–Trinajstić information content (AvgIpc) is 2.13. The number of amides is 1. The molecular formula is C11H25ClN2O2. The first-order valence-corrected chi connectivity index (χ1v) is 5.56. The van der Waals surface area contributed by atoms with Gasteiger partial charge in [-0.15, -0.1) is 12.4 Å².